The Balaban J connectivity index is 1.84. The summed E-state index contributed by atoms with van der Waals surface area (Å²) in [5, 5.41) is 5.49. The monoisotopic (exact) mass is 283 g/mol. The minimum absolute atomic E-state index is 0.232. The highest BCUT2D eigenvalue weighted by Gasteiger charge is 2.11. The van der Waals surface area contributed by atoms with Gasteiger partial charge in [-0.2, -0.15) is 11.3 Å². The quantitative estimate of drug-likeness (QED) is 0.559. The first-order valence-corrected chi connectivity index (χ1v) is 7.61. The summed E-state index contributed by atoms with van der Waals surface area (Å²) in [4.78, 5) is 4.40. The molecule has 0 aliphatic heterocycles. The lowest BCUT2D eigenvalue weighted by Crippen LogP contribution is -2.38. The van der Waals surface area contributed by atoms with Crippen molar-refractivity contribution in [2.24, 2.45) is 5.84 Å². The fraction of sp³-hybridized carbons (Fsp3) is 0.188. The molecule has 2 heterocycles. The number of nitrogens with two attached hydrogens (primary N) is 1. The molecule has 2 aromatic heterocycles. The van der Waals surface area contributed by atoms with E-state index in [2.05, 4.69) is 45.4 Å². The maximum Gasteiger partial charge on any atom is 0.0704 e. The standard InChI is InChI=1S/C16H17N3S/c17-19-14(9-12-6-8-20-11-12)10-13-5-7-18-16-4-2-1-3-15(13)16/h1-8,11,14,19H,9-10,17H2. The van der Waals surface area contributed by atoms with Crippen LogP contribution in [0.3, 0.4) is 0 Å². The molecule has 0 radical (unpaired) electrons. The SMILES string of the molecule is NNC(Cc1ccsc1)Cc1ccnc2ccccc12. The summed E-state index contributed by atoms with van der Waals surface area (Å²) in [6, 6.07) is 12.7. The van der Waals surface area contributed by atoms with E-state index in [1.807, 2.05) is 18.3 Å². The third-order valence-corrected chi connectivity index (χ3v) is 4.24. The van der Waals surface area contributed by atoms with E-state index in [9.17, 15) is 0 Å². The average Bonchev–Trinajstić information content (AvgIpc) is 3.00. The molecule has 4 heteroatoms. The largest absolute Gasteiger partial charge is 0.271 e. The van der Waals surface area contributed by atoms with Gasteiger partial charge in [0.1, 0.15) is 0 Å². The van der Waals surface area contributed by atoms with Gasteiger partial charge in [0.2, 0.25) is 0 Å². The summed E-state index contributed by atoms with van der Waals surface area (Å²) in [5.41, 5.74) is 6.59. The Kier molecular flexibility index (Phi) is 4.06. The van der Waals surface area contributed by atoms with Crippen LogP contribution in [0.1, 0.15) is 11.1 Å². The van der Waals surface area contributed by atoms with Gasteiger partial charge in [0.05, 0.1) is 5.52 Å². The molecule has 0 aliphatic carbocycles. The van der Waals surface area contributed by atoms with Crippen molar-refractivity contribution >= 4 is 22.2 Å². The summed E-state index contributed by atoms with van der Waals surface area (Å²) in [7, 11) is 0. The number of fused-ring (bicyclic) bond motifs is 1. The number of hydrogen-bond acceptors (Lipinski definition) is 4. The molecule has 0 saturated carbocycles. The zero-order valence-electron chi connectivity index (χ0n) is 11.1. The summed E-state index contributed by atoms with van der Waals surface area (Å²) >= 11 is 1.72. The predicted molar refractivity (Wildman–Crippen MR) is 84.6 cm³/mol. The molecule has 0 fully saturated rings. The summed E-state index contributed by atoms with van der Waals surface area (Å²) in [6.07, 6.45) is 3.71. The van der Waals surface area contributed by atoms with Crippen LogP contribution in [0.4, 0.5) is 0 Å². The Bertz CT molecular complexity index is 674. The lowest BCUT2D eigenvalue weighted by Gasteiger charge is -2.16. The molecule has 3 N–H and O–H groups in total. The molecule has 0 bridgehead atoms. The Hall–Kier alpha value is -1.75. The number of thiophene rings is 1. The summed E-state index contributed by atoms with van der Waals surface area (Å²) < 4.78 is 0. The van der Waals surface area contributed by atoms with Crippen molar-refractivity contribution < 1.29 is 0 Å². The highest BCUT2D eigenvalue weighted by Crippen LogP contribution is 2.19. The van der Waals surface area contributed by atoms with Crippen LogP contribution in [0.15, 0.2) is 53.4 Å². The van der Waals surface area contributed by atoms with Crippen molar-refractivity contribution in [2.75, 3.05) is 0 Å². The Morgan fingerprint density at radius 1 is 1.15 bits per heavy atom. The topological polar surface area (TPSA) is 50.9 Å². The highest BCUT2D eigenvalue weighted by molar-refractivity contribution is 7.07. The maximum atomic E-state index is 5.72. The second kappa shape index (κ2) is 6.13. The smallest absolute Gasteiger partial charge is 0.0704 e. The summed E-state index contributed by atoms with van der Waals surface area (Å²) in [5.74, 6) is 5.72. The predicted octanol–water partition coefficient (Wildman–Crippen LogP) is 2.91. The minimum Gasteiger partial charge on any atom is -0.271 e. The first-order chi connectivity index (χ1) is 9.86. The number of nitrogens with one attached hydrogen (secondary N) is 1. The van der Waals surface area contributed by atoms with E-state index in [-0.39, 0.29) is 6.04 Å². The molecule has 0 spiro atoms. The molecule has 1 atom stereocenters. The molecule has 3 aromatic rings. The van der Waals surface area contributed by atoms with Crippen LogP contribution < -0.4 is 11.3 Å². The molecular weight excluding hydrogens is 266 g/mol. The molecule has 1 unspecified atom stereocenters. The number of nitrogens with zero attached hydrogens (tertiary/aromatic N) is 1. The molecule has 3 rings (SSSR count). The number of aromatic nitrogens is 1. The van der Waals surface area contributed by atoms with Crippen LogP contribution in [0.2, 0.25) is 0 Å². The first-order valence-electron chi connectivity index (χ1n) is 6.66. The van der Waals surface area contributed by atoms with Gasteiger partial charge in [-0.15, -0.1) is 0 Å². The molecule has 1 aromatic carbocycles. The van der Waals surface area contributed by atoms with Gasteiger partial charge in [0, 0.05) is 17.6 Å². The van der Waals surface area contributed by atoms with E-state index in [0.29, 0.717) is 0 Å². The molecule has 3 nitrogen and oxygen atoms in total. The number of rotatable bonds is 5. The number of para-hydroxylation sites is 1. The van der Waals surface area contributed by atoms with Gasteiger partial charge in [0.15, 0.2) is 0 Å². The third-order valence-electron chi connectivity index (χ3n) is 3.50. The highest BCUT2D eigenvalue weighted by atomic mass is 32.1. The number of benzene rings is 1. The third kappa shape index (κ3) is 2.88. The van der Waals surface area contributed by atoms with Gasteiger partial charge in [-0.3, -0.25) is 16.3 Å². The van der Waals surface area contributed by atoms with Gasteiger partial charge >= 0.3 is 0 Å². The normalized spacial score (nSPS) is 12.7. The van der Waals surface area contributed by atoms with Crippen LogP contribution in [-0.2, 0) is 12.8 Å². The van der Waals surface area contributed by atoms with E-state index < -0.39 is 0 Å². The molecule has 0 aliphatic rings. The second-order valence-corrected chi connectivity index (χ2v) is 5.67. The van der Waals surface area contributed by atoms with Gasteiger partial charge < -0.3 is 0 Å². The Labute approximate surface area is 122 Å². The number of pyridine rings is 1. The van der Waals surface area contributed by atoms with E-state index in [4.69, 9.17) is 5.84 Å². The van der Waals surface area contributed by atoms with E-state index >= 15 is 0 Å². The molecule has 20 heavy (non-hydrogen) atoms. The van der Waals surface area contributed by atoms with Crippen LogP contribution in [0, 0.1) is 0 Å². The van der Waals surface area contributed by atoms with Crippen molar-refractivity contribution in [3.05, 3.63) is 64.5 Å². The molecule has 0 amide bonds. The molecular formula is C16H17N3S. The van der Waals surface area contributed by atoms with Crippen LogP contribution >= 0.6 is 11.3 Å². The zero-order valence-corrected chi connectivity index (χ0v) is 11.9. The van der Waals surface area contributed by atoms with Crippen molar-refractivity contribution in [1.29, 1.82) is 0 Å². The van der Waals surface area contributed by atoms with Crippen LogP contribution in [0.5, 0.6) is 0 Å². The first kappa shape index (κ1) is 13.2. The zero-order chi connectivity index (χ0) is 13.8. The fourth-order valence-corrected chi connectivity index (χ4v) is 3.16. The minimum atomic E-state index is 0.232. The Morgan fingerprint density at radius 2 is 2.05 bits per heavy atom. The maximum absolute atomic E-state index is 5.72. The molecule has 0 saturated heterocycles. The van der Waals surface area contributed by atoms with Gasteiger partial charge in [-0.05, 0) is 52.9 Å². The van der Waals surface area contributed by atoms with Crippen molar-refractivity contribution in [3.8, 4) is 0 Å². The van der Waals surface area contributed by atoms with Crippen LogP contribution in [-0.4, -0.2) is 11.0 Å². The van der Waals surface area contributed by atoms with Crippen molar-refractivity contribution in [3.63, 3.8) is 0 Å². The van der Waals surface area contributed by atoms with Gasteiger partial charge in [0.25, 0.3) is 0 Å². The van der Waals surface area contributed by atoms with Gasteiger partial charge in [-0.25, -0.2) is 0 Å². The number of hydrogen-bond donors (Lipinski definition) is 2. The van der Waals surface area contributed by atoms with E-state index in [1.165, 1.54) is 16.5 Å². The lowest BCUT2D eigenvalue weighted by atomic mass is 9.98. The van der Waals surface area contributed by atoms with Crippen LogP contribution in [0.25, 0.3) is 10.9 Å². The second-order valence-electron chi connectivity index (χ2n) is 4.89. The molecule has 102 valence electrons. The average molecular weight is 283 g/mol. The van der Waals surface area contributed by atoms with E-state index in [0.717, 1.165) is 18.4 Å². The number of hydrazine groups is 1. The van der Waals surface area contributed by atoms with Gasteiger partial charge in [-0.1, -0.05) is 18.2 Å². The lowest BCUT2D eigenvalue weighted by molar-refractivity contribution is 0.524. The van der Waals surface area contributed by atoms with Crippen molar-refractivity contribution in [2.45, 2.75) is 18.9 Å². The van der Waals surface area contributed by atoms with E-state index in [1.54, 1.807) is 11.3 Å². The van der Waals surface area contributed by atoms with Crippen molar-refractivity contribution in [1.82, 2.24) is 10.4 Å². The summed E-state index contributed by atoms with van der Waals surface area (Å²) in [6.45, 7) is 0. The fourth-order valence-electron chi connectivity index (χ4n) is 2.48. The Morgan fingerprint density at radius 3 is 2.85 bits per heavy atom.